The van der Waals surface area contributed by atoms with Crippen molar-refractivity contribution in [1.82, 2.24) is 9.55 Å². The van der Waals surface area contributed by atoms with Crippen molar-refractivity contribution in [3.63, 3.8) is 0 Å². The molecule has 4 heterocycles. The summed E-state index contributed by atoms with van der Waals surface area (Å²) in [7, 11) is 0. The summed E-state index contributed by atoms with van der Waals surface area (Å²) in [6.45, 7) is 1.11. The van der Waals surface area contributed by atoms with Crippen LogP contribution in [0, 0.1) is 5.92 Å². The number of H-pyrrole nitrogens is 1. The first-order valence-electron chi connectivity index (χ1n) is 19.9. The molecule has 4 amide bonds. The molecule has 0 aliphatic heterocycles. The van der Waals surface area contributed by atoms with E-state index < -0.39 is 48.8 Å². The number of aryl methyl sites for hydroxylation is 2. The van der Waals surface area contributed by atoms with Gasteiger partial charge in [-0.3, -0.25) is 28.8 Å². The third kappa shape index (κ3) is 8.43. The molecule has 7 N–H and O–H groups in total. The molecule has 2 aliphatic carbocycles. The lowest BCUT2D eigenvalue weighted by molar-refractivity contribution is -0.147. The Morgan fingerprint density at radius 1 is 0.767 bits per heavy atom. The van der Waals surface area contributed by atoms with Gasteiger partial charge in [0.15, 0.2) is 13.2 Å². The molecule has 16 heteroatoms. The predicted molar refractivity (Wildman–Crippen MR) is 229 cm³/mol. The summed E-state index contributed by atoms with van der Waals surface area (Å²) in [4.78, 5) is 81.9. The van der Waals surface area contributed by atoms with E-state index in [9.17, 15) is 28.8 Å². The normalized spacial score (nSPS) is 15.9. The second-order valence-electron chi connectivity index (χ2n) is 15.4. The number of thiophene rings is 2. The highest BCUT2D eigenvalue weighted by molar-refractivity contribution is 7.17. The van der Waals surface area contributed by atoms with E-state index in [4.69, 9.17) is 20.9 Å². The molecular weight excluding hydrogens is 805 g/mol. The largest absolute Gasteiger partial charge is 0.456 e. The van der Waals surface area contributed by atoms with Crippen molar-refractivity contribution in [3.05, 3.63) is 104 Å². The molecule has 2 aliphatic rings. The van der Waals surface area contributed by atoms with Crippen molar-refractivity contribution in [3.8, 4) is 0 Å². The molecule has 0 radical (unpaired) electrons. The molecule has 14 nitrogen and oxygen atoms in total. The van der Waals surface area contributed by atoms with E-state index in [1.165, 1.54) is 22.7 Å². The maximum absolute atomic E-state index is 13.2. The molecule has 2 unspecified atom stereocenters. The zero-order valence-electron chi connectivity index (χ0n) is 32.9. The van der Waals surface area contributed by atoms with Gasteiger partial charge in [0.2, 0.25) is 0 Å². The van der Waals surface area contributed by atoms with E-state index in [0.717, 1.165) is 67.5 Å². The van der Waals surface area contributed by atoms with Crippen molar-refractivity contribution in [2.24, 2.45) is 17.4 Å². The minimum absolute atomic E-state index is 0.0920. The van der Waals surface area contributed by atoms with Gasteiger partial charge in [0.25, 0.3) is 23.6 Å². The van der Waals surface area contributed by atoms with E-state index in [-0.39, 0.29) is 24.4 Å². The molecule has 2 atom stereocenters. The van der Waals surface area contributed by atoms with Crippen LogP contribution in [-0.4, -0.2) is 58.3 Å². The third-order valence-corrected chi connectivity index (χ3v) is 13.7. The topological polar surface area (TPSA) is 218 Å². The molecule has 2 aromatic carbocycles. The fraction of sp³-hybridized carbons (Fsp3) is 0.318. The fourth-order valence-electron chi connectivity index (χ4n) is 8.44. The Morgan fingerprint density at radius 3 is 2.15 bits per heavy atom. The van der Waals surface area contributed by atoms with Crippen LogP contribution in [0.2, 0.25) is 0 Å². The quantitative estimate of drug-likeness (QED) is 0.0801. The Balaban J connectivity index is 0.891. The summed E-state index contributed by atoms with van der Waals surface area (Å²) in [5.74, 6) is -3.05. The van der Waals surface area contributed by atoms with Crippen LogP contribution in [0.25, 0.3) is 21.8 Å². The lowest BCUT2D eigenvalue weighted by Crippen LogP contribution is -2.24. The fourth-order valence-corrected chi connectivity index (χ4v) is 11.1. The number of aromatic nitrogens is 2. The van der Waals surface area contributed by atoms with E-state index in [1.54, 1.807) is 0 Å². The van der Waals surface area contributed by atoms with E-state index >= 15 is 0 Å². The van der Waals surface area contributed by atoms with Gasteiger partial charge in [0, 0.05) is 56.4 Å². The van der Waals surface area contributed by atoms with Crippen molar-refractivity contribution in [2.45, 2.75) is 70.8 Å². The van der Waals surface area contributed by atoms with Gasteiger partial charge in [-0.1, -0.05) is 43.3 Å². The van der Waals surface area contributed by atoms with Gasteiger partial charge in [-0.05, 0) is 85.3 Å². The average molecular weight is 849 g/mol. The number of carbonyl (C=O) groups excluding carboxylic acids is 6. The van der Waals surface area contributed by atoms with Gasteiger partial charge < -0.3 is 41.1 Å². The second kappa shape index (κ2) is 17.1. The molecule has 0 fully saturated rings. The Morgan fingerprint density at radius 2 is 1.42 bits per heavy atom. The average Bonchev–Trinajstić information content (AvgIpc) is 3.99. The number of nitrogens with zero attached hydrogens (tertiary/aromatic N) is 1. The lowest BCUT2D eigenvalue weighted by atomic mass is 9.88. The van der Waals surface area contributed by atoms with Crippen molar-refractivity contribution < 1.29 is 38.2 Å². The van der Waals surface area contributed by atoms with Gasteiger partial charge in [0.05, 0.1) is 17.5 Å². The molecule has 0 saturated heterocycles. The Bertz CT molecular complexity index is 2690. The highest BCUT2D eigenvalue weighted by atomic mass is 32.1. The second-order valence-corrected chi connectivity index (χ2v) is 17.6. The van der Waals surface area contributed by atoms with E-state index in [1.807, 2.05) is 60.9 Å². The number of anilines is 2. The zero-order valence-corrected chi connectivity index (χ0v) is 34.5. The van der Waals surface area contributed by atoms with Crippen molar-refractivity contribution in [2.75, 3.05) is 23.8 Å². The number of aromatic amines is 1. The number of nitrogens with two attached hydrogens (primary N) is 2. The molecule has 0 spiro atoms. The lowest BCUT2D eigenvalue weighted by Gasteiger charge is -2.25. The molecule has 0 bridgehead atoms. The summed E-state index contributed by atoms with van der Waals surface area (Å²) in [6.07, 6.45) is 8.48. The Labute approximate surface area is 352 Å². The molecule has 60 heavy (non-hydrogen) atoms. The summed E-state index contributed by atoms with van der Waals surface area (Å²) < 4.78 is 12.8. The molecule has 4 aromatic heterocycles. The number of primary amides is 2. The molecule has 0 saturated carbocycles. The Kier molecular flexibility index (Phi) is 11.6. The standard InChI is InChI=1S/C44H44N6O8S2/c1-23-10-13-29-34(16-23)60-43(39(29)41(45)55)48-36(52)22-58-38(54)17-25-20-50(32-9-5-3-7-28(25)32)26-12-14-33-30(18-26)40(42(46)56)44(59-33)49-35(51)21-57-37(53)15-11-24-19-47-31-8-4-2-6-27(24)31/h2-9,19-20,23,26,47H,10-18,21-22H2,1H3,(H2,45,55)(H2,46,56)(H,48,52)(H,49,51). The molecular formula is C44H44N6O8S2. The number of benzene rings is 2. The first-order chi connectivity index (χ1) is 28.9. The number of rotatable bonds is 14. The number of para-hydroxylation sites is 2. The summed E-state index contributed by atoms with van der Waals surface area (Å²) in [5.41, 5.74) is 17.4. The van der Waals surface area contributed by atoms with Crippen LogP contribution in [0.3, 0.4) is 0 Å². The van der Waals surface area contributed by atoms with Crippen LogP contribution in [0.4, 0.5) is 10.0 Å². The van der Waals surface area contributed by atoms with Crippen LogP contribution in [0.15, 0.2) is 60.9 Å². The van der Waals surface area contributed by atoms with E-state index in [0.29, 0.717) is 52.7 Å². The van der Waals surface area contributed by atoms with Gasteiger partial charge in [-0.15, -0.1) is 22.7 Å². The third-order valence-electron chi connectivity index (χ3n) is 11.3. The summed E-state index contributed by atoms with van der Waals surface area (Å²) >= 11 is 2.64. The molecule has 8 rings (SSSR count). The van der Waals surface area contributed by atoms with Crippen LogP contribution >= 0.6 is 22.7 Å². The predicted octanol–water partition coefficient (Wildman–Crippen LogP) is 6.14. The Hall–Kier alpha value is -6.26. The number of esters is 2. The number of carbonyl (C=O) groups is 6. The van der Waals surface area contributed by atoms with Gasteiger partial charge in [0.1, 0.15) is 10.0 Å². The maximum Gasteiger partial charge on any atom is 0.310 e. The van der Waals surface area contributed by atoms with Crippen LogP contribution < -0.4 is 22.1 Å². The number of hydrogen-bond donors (Lipinski definition) is 5. The number of hydrogen-bond acceptors (Lipinski definition) is 10. The van der Waals surface area contributed by atoms with Gasteiger partial charge in [-0.25, -0.2) is 0 Å². The van der Waals surface area contributed by atoms with Crippen molar-refractivity contribution >= 4 is 90.0 Å². The molecule has 310 valence electrons. The maximum atomic E-state index is 13.2. The smallest absolute Gasteiger partial charge is 0.310 e. The van der Waals surface area contributed by atoms with Crippen molar-refractivity contribution in [1.29, 1.82) is 0 Å². The van der Waals surface area contributed by atoms with Gasteiger partial charge >= 0.3 is 11.9 Å². The van der Waals surface area contributed by atoms with Crippen LogP contribution in [-0.2, 0) is 67.2 Å². The number of amides is 4. The minimum atomic E-state index is -0.678. The summed E-state index contributed by atoms with van der Waals surface area (Å²) in [5, 5.41) is 8.07. The minimum Gasteiger partial charge on any atom is -0.456 e. The van der Waals surface area contributed by atoms with E-state index in [2.05, 4.69) is 27.1 Å². The SMILES string of the molecule is CC1CCc2c(sc(NC(=O)COC(=O)Cc3cn(C4CCc5sc(NC(=O)COC(=O)CCc6c[nH]c7ccccc67)c(C(N)=O)c5C4)c4ccccc34)c2C(N)=O)C1. The van der Waals surface area contributed by atoms with Crippen LogP contribution in [0.5, 0.6) is 0 Å². The van der Waals surface area contributed by atoms with Gasteiger partial charge in [-0.2, -0.15) is 0 Å². The number of ether oxygens (including phenoxy) is 2. The highest BCUT2D eigenvalue weighted by Gasteiger charge is 2.31. The first-order valence-corrected chi connectivity index (χ1v) is 21.5. The monoisotopic (exact) mass is 848 g/mol. The molecule has 6 aromatic rings. The van der Waals surface area contributed by atoms with Crippen LogP contribution in [0.1, 0.15) is 85.0 Å². The first kappa shape index (κ1) is 40.5. The summed E-state index contributed by atoms with van der Waals surface area (Å²) in [6, 6.07) is 15.4. The highest BCUT2D eigenvalue weighted by Crippen LogP contribution is 2.43. The number of fused-ring (bicyclic) bond motifs is 4. The number of nitrogens with one attached hydrogen (secondary N) is 3. The zero-order chi connectivity index (χ0) is 42.1.